The molecule has 0 amide bonds. The fraction of sp³-hybridized carbons (Fsp3) is 0. The van der Waals surface area contributed by atoms with Gasteiger partial charge in [-0.25, -0.2) is 8.42 Å². The van der Waals surface area contributed by atoms with Crippen molar-refractivity contribution in [3.8, 4) is 0 Å². The van der Waals surface area contributed by atoms with Crippen LogP contribution in [0.3, 0.4) is 0 Å². The summed E-state index contributed by atoms with van der Waals surface area (Å²) in [5.41, 5.74) is 0.488. The number of hydrogen-bond acceptors (Lipinski definition) is 4. The maximum Gasteiger partial charge on any atom is 0.305 e. The molecule has 0 radical (unpaired) electrons. The molecule has 74 valence electrons. The van der Waals surface area contributed by atoms with Gasteiger partial charge in [-0.3, -0.25) is 4.79 Å². The van der Waals surface area contributed by atoms with Crippen LogP contribution in [0.5, 0.6) is 0 Å². The van der Waals surface area contributed by atoms with Crippen molar-refractivity contribution in [2.45, 2.75) is 4.90 Å². The van der Waals surface area contributed by atoms with E-state index in [1.54, 1.807) is 6.07 Å². The Balaban J connectivity index is 2.98. The summed E-state index contributed by atoms with van der Waals surface area (Å²) in [4.78, 5) is 13.2. The molecule has 0 unspecified atom stereocenters. The maximum atomic E-state index is 11.1. The summed E-state index contributed by atoms with van der Waals surface area (Å²) in [6, 6.07) is 4.52. The Morgan fingerprint density at radius 3 is 2.71 bits per heavy atom. The van der Waals surface area contributed by atoms with Gasteiger partial charge in [-0.05, 0) is 12.1 Å². The molecule has 4 nitrogen and oxygen atoms in total. The van der Waals surface area contributed by atoms with Gasteiger partial charge in [0, 0.05) is 10.7 Å². The average Bonchev–Trinajstić information content (AvgIpc) is 2.41. The van der Waals surface area contributed by atoms with E-state index >= 15 is 0 Å². The maximum absolute atomic E-state index is 11.1. The van der Waals surface area contributed by atoms with E-state index in [9.17, 15) is 13.2 Å². The van der Waals surface area contributed by atoms with Crippen molar-refractivity contribution in [3.63, 3.8) is 0 Å². The predicted octanol–water partition coefficient (Wildman–Crippen LogP) is 1.52. The highest BCUT2D eigenvalue weighted by atomic mass is 35.7. The molecule has 0 aliphatic rings. The number of thiazole rings is 1. The van der Waals surface area contributed by atoms with Gasteiger partial charge >= 0.3 is 4.87 Å². The highest BCUT2D eigenvalue weighted by Gasteiger charge is 2.15. The molecule has 1 aromatic heterocycles. The van der Waals surface area contributed by atoms with Gasteiger partial charge in [0.2, 0.25) is 0 Å². The lowest BCUT2D eigenvalue weighted by molar-refractivity contribution is 0.610. The molecule has 0 bridgehead atoms. The summed E-state index contributed by atoms with van der Waals surface area (Å²) in [5, 5.41) is 0. The molecule has 1 heterocycles. The van der Waals surface area contributed by atoms with Crippen LogP contribution in [0.15, 0.2) is 27.9 Å². The smallest absolute Gasteiger partial charge is 0.305 e. The van der Waals surface area contributed by atoms with Gasteiger partial charge in [-0.2, -0.15) is 0 Å². The Hall–Kier alpha value is -0.850. The van der Waals surface area contributed by atoms with Crippen molar-refractivity contribution in [1.82, 2.24) is 4.98 Å². The Labute approximate surface area is 87.6 Å². The third kappa shape index (κ3) is 1.56. The van der Waals surface area contributed by atoms with Crippen LogP contribution < -0.4 is 4.87 Å². The Bertz CT molecular complexity index is 640. The largest absolute Gasteiger partial charge is 0.312 e. The van der Waals surface area contributed by atoms with E-state index < -0.39 is 9.05 Å². The normalized spacial score (nSPS) is 12.1. The number of nitrogens with one attached hydrogen (secondary N) is 1. The van der Waals surface area contributed by atoms with Crippen LogP contribution in [-0.4, -0.2) is 13.4 Å². The molecule has 0 saturated heterocycles. The lowest BCUT2D eigenvalue weighted by atomic mass is 10.3. The quantitative estimate of drug-likeness (QED) is 0.779. The van der Waals surface area contributed by atoms with Gasteiger partial charge in [0.25, 0.3) is 9.05 Å². The second kappa shape index (κ2) is 3.08. The molecule has 0 atom stereocenters. The highest BCUT2D eigenvalue weighted by molar-refractivity contribution is 8.14. The number of benzene rings is 1. The van der Waals surface area contributed by atoms with Gasteiger partial charge in [0.15, 0.2) is 0 Å². The van der Waals surface area contributed by atoms with E-state index in [0.29, 0.717) is 10.2 Å². The molecule has 0 fully saturated rings. The molecular formula is C7H4ClNO3S2. The van der Waals surface area contributed by atoms with Crippen molar-refractivity contribution >= 4 is 41.3 Å². The summed E-state index contributed by atoms with van der Waals surface area (Å²) in [6.07, 6.45) is 0. The first-order valence-corrected chi connectivity index (χ1v) is 6.67. The van der Waals surface area contributed by atoms with Gasteiger partial charge in [0.05, 0.1) is 10.2 Å². The number of halogens is 1. The van der Waals surface area contributed by atoms with E-state index in [2.05, 4.69) is 4.98 Å². The van der Waals surface area contributed by atoms with Crippen LogP contribution in [0.2, 0.25) is 0 Å². The fourth-order valence-corrected chi connectivity index (χ4v) is 3.43. The van der Waals surface area contributed by atoms with Crippen LogP contribution >= 0.6 is 22.0 Å². The predicted molar refractivity (Wildman–Crippen MR) is 55.5 cm³/mol. The zero-order valence-corrected chi connectivity index (χ0v) is 9.04. The van der Waals surface area contributed by atoms with Crippen molar-refractivity contribution in [2.75, 3.05) is 0 Å². The van der Waals surface area contributed by atoms with E-state index in [-0.39, 0.29) is 9.77 Å². The molecule has 14 heavy (non-hydrogen) atoms. The monoisotopic (exact) mass is 249 g/mol. The lowest BCUT2D eigenvalue weighted by Crippen LogP contribution is -1.90. The van der Waals surface area contributed by atoms with E-state index in [1.807, 2.05) is 0 Å². The minimum Gasteiger partial charge on any atom is -0.312 e. The zero-order valence-electron chi connectivity index (χ0n) is 6.65. The molecule has 0 spiro atoms. The van der Waals surface area contributed by atoms with E-state index in [0.717, 1.165) is 11.3 Å². The number of aromatic amines is 1. The molecule has 1 N–H and O–H groups in total. The van der Waals surface area contributed by atoms with Gasteiger partial charge < -0.3 is 4.98 Å². The first kappa shape index (κ1) is 9.70. The van der Waals surface area contributed by atoms with Crippen LogP contribution in [0.4, 0.5) is 0 Å². The van der Waals surface area contributed by atoms with Gasteiger partial charge in [-0.15, -0.1) is 0 Å². The third-order valence-electron chi connectivity index (χ3n) is 1.67. The van der Waals surface area contributed by atoms with Crippen LogP contribution in [0.25, 0.3) is 10.2 Å². The Morgan fingerprint density at radius 1 is 1.36 bits per heavy atom. The minimum absolute atomic E-state index is 0.0278. The van der Waals surface area contributed by atoms with Crippen molar-refractivity contribution in [3.05, 3.63) is 27.9 Å². The second-order valence-corrected chi connectivity index (χ2v) is 6.10. The van der Waals surface area contributed by atoms with Gasteiger partial charge in [0.1, 0.15) is 4.90 Å². The summed E-state index contributed by atoms with van der Waals surface area (Å²) >= 11 is 0.831. The number of H-pyrrole nitrogens is 1. The number of aromatic nitrogens is 1. The molecule has 0 aliphatic heterocycles. The van der Waals surface area contributed by atoms with Crippen molar-refractivity contribution in [2.24, 2.45) is 0 Å². The number of rotatable bonds is 1. The summed E-state index contributed by atoms with van der Waals surface area (Å²) < 4.78 is 22.6. The molecule has 0 saturated carbocycles. The SMILES string of the molecule is O=c1[nH]c2cccc(S(=O)(=O)Cl)c2s1. The second-order valence-electron chi connectivity index (χ2n) is 2.59. The molecule has 1 aromatic carbocycles. The minimum atomic E-state index is -3.79. The van der Waals surface area contributed by atoms with Crippen LogP contribution in [-0.2, 0) is 9.05 Å². The van der Waals surface area contributed by atoms with Crippen molar-refractivity contribution < 1.29 is 8.42 Å². The first-order valence-electron chi connectivity index (χ1n) is 3.55. The summed E-state index contributed by atoms with van der Waals surface area (Å²) in [7, 11) is 1.42. The number of fused-ring (bicyclic) bond motifs is 1. The highest BCUT2D eigenvalue weighted by Crippen LogP contribution is 2.26. The van der Waals surface area contributed by atoms with Crippen LogP contribution in [0, 0.1) is 0 Å². The Kier molecular flexibility index (Phi) is 2.13. The summed E-state index contributed by atoms with van der Waals surface area (Å²) in [5.74, 6) is 0. The Morgan fingerprint density at radius 2 is 2.07 bits per heavy atom. The topological polar surface area (TPSA) is 67.0 Å². The first-order chi connectivity index (χ1) is 6.48. The zero-order chi connectivity index (χ0) is 10.3. The van der Waals surface area contributed by atoms with E-state index in [1.165, 1.54) is 12.1 Å². The molecule has 2 aromatic rings. The molecule has 2 rings (SSSR count). The molecule has 0 aliphatic carbocycles. The standard InChI is InChI=1S/C7H4ClNO3S2/c8-14(11,12)5-3-1-2-4-6(5)13-7(10)9-4/h1-3H,(H,9,10). The average molecular weight is 250 g/mol. The van der Waals surface area contributed by atoms with Crippen molar-refractivity contribution in [1.29, 1.82) is 0 Å². The lowest BCUT2D eigenvalue weighted by Gasteiger charge is -1.95. The summed E-state index contributed by atoms with van der Waals surface area (Å²) in [6.45, 7) is 0. The fourth-order valence-electron chi connectivity index (χ4n) is 1.14. The molecule has 7 heteroatoms. The number of hydrogen-bond donors (Lipinski definition) is 1. The van der Waals surface area contributed by atoms with Crippen LogP contribution in [0.1, 0.15) is 0 Å². The molecular weight excluding hydrogens is 246 g/mol. The van der Waals surface area contributed by atoms with Gasteiger partial charge in [-0.1, -0.05) is 17.4 Å². The third-order valence-corrected chi connectivity index (χ3v) is 4.10. The van der Waals surface area contributed by atoms with E-state index in [4.69, 9.17) is 10.7 Å².